The number of aliphatic hydroxyl groups is 1. The van der Waals surface area contributed by atoms with Crippen molar-refractivity contribution in [3.05, 3.63) is 65.8 Å². The van der Waals surface area contributed by atoms with Crippen LogP contribution in [0.15, 0.2) is 60.2 Å². The lowest BCUT2D eigenvalue weighted by Gasteiger charge is -2.48. The first-order chi connectivity index (χ1) is 15.2. The van der Waals surface area contributed by atoms with Gasteiger partial charge in [0.25, 0.3) is 0 Å². The topological polar surface area (TPSA) is 52.6 Å². The Labute approximate surface area is 194 Å². The molecule has 0 aromatic heterocycles. The lowest BCUT2D eigenvalue weighted by atomic mass is 9.58. The second-order valence-corrected chi connectivity index (χ2v) is 10.1. The minimum Gasteiger partial charge on any atom is -0.393 e. The summed E-state index contributed by atoms with van der Waals surface area (Å²) in [6, 6.07) is 8.21. The van der Waals surface area contributed by atoms with Crippen molar-refractivity contribution in [1.29, 1.82) is 0 Å². The van der Waals surface area contributed by atoms with Crippen LogP contribution in [0, 0.1) is 35.5 Å². The SMILES string of the molecule is C/C(=C\C=C\[C@@H]1[C@H]2[C@H](C)[C@@H](O)[C@H](C)C[C@@H]2C=C[C@@H]1C)C(=O)NCc1ccc(N(C)C)cc1. The molecule has 2 N–H and O–H groups in total. The largest absolute Gasteiger partial charge is 0.393 e. The molecule has 0 radical (unpaired) electrons. The smallest absolute Gasteiger partial charge is 0.247 e. The van der Waals surface area contributed by atoms with Crippen LogP contribution < -0.4 is 10.2 Å². The van der Waals surface area contributed by atoms with E-state index in [1.807, 2.05) is 45.3 Å². The van der Waals surface area contributed by atoms with Gasteiger partial charge >= 0.3 is 0 Å². The summed E-state index contributed by atoms with van der Waals surface area (Å²) in [6.07, 6.45) is 11.7. The summed E-state index contributed by atoms with van der Waals surface area (Å²) >= 11 is 0. The molecule has 4 nitrogen and oxygen atoms in total. The Morgan fingerprint density at radius 2 is 1.84 bits per heavy atom. The summed E-state index contributed by atoms with van der Waals surface area (Å²) in [5.41, 5.74) is 2.93. The van der Waals surface area contributed by atoms with E-state index in [2.05, 4.69) is 61.3 Å². The Morgan fingerprint density at radius 3 is 2.50 bits per heavy atom. The number of nitrogens with zero attached hydrogens (tertiary/aromatic N) is 1. The normalized spacial score (nSPS) is 32.6. The Kier molecular flexibility index (Phi) is 8.00. The molecule has 0 heterocycles. The number of carbonyl (C=O) groups is 1. The van der Waals surface area contributed by atoms with Crippen LogP contribution in [0.1, 0.15) is 39.7 Å². The third-order valence-corrected chi connectivity index (χ3v) is 7.52. The first kappa shape index (κ1) is 24.3. The van der Waals surface area contributed by atoms with Crippen LogP contribution in [-0.2, 0) is 11.3 Å². The van der Waals surface area contributed by atoms with E-state index in [0.717, 1.165) is 17.7 Å². The molecule has 7 atom stereocenters. The number of amides is 1. The lowest BCUT2D eigenvalue weighted by Crippen LogP contribution is -2.46. The highest BCUT2D eigenvalue weighted by Crippen LogP contribution is 2.48. The first-order valence-electron chi connectivity index (χ1n) is 11.9. The van der Waals surface area contributed by atoms with Crippen LogP contribution in [0.2, 0.25) is 0 Å². The first-order valence-corrected chi connectivity index (χ1v) is 11.9. The molecular formula is C28H40N2O2. The molecule has 0 aliphatic heterocycles. The van der Waals surface area contributed by atoms with E-state index in [9.17, 15) is 9.90 Å². The predicted molar refractivity (Wildman–Crippen MR) is 133 cm³/mol. The Hall–Kier alpha value is -2.33. The van der Waals surface area contributed by atoms with Crippen LogP contribution in [0.3, 0.4) is 0 Å². The molecule has 4 heteroatoms. The van der Waals surface area contributed by atoms with Crippen molar-refractivity contribution in [2.75, 3.05) is 19.0 Å². The van der Waals surface area contributed by atoms with Crippen LogP contribution in [-0.4, -0.2) is 31.2 Å². The average Bonchev–Trinajstić information content (AvgIpc) is 2.77. The number of fused-ring (bicyclic) bond motifs is 1. The van der Waals surface area contributed by atoms with Crippen molar-refractivity contribution in [3.8, 4) is 0 Å². The number of hydrogen-bond acceptors (Lipinski definition) is 3. The summed E-state index contributed by atoms with van der Waals surface area (Å²) in [7, 11) is 4.03. The Balaban J connectivity index is 1.60. The fourth-order valence-corrected chi connectivity index (χ4v) is 5.44. The highest BCUT2D eigenvalue weighted by atomic mass is 16.3. The molecule has 0 bridgehead atoms. The van der Waals surface area contributed by atoms with E-state index in [1.54, 1.807) is 0 Å². The van der Waals surface area contributed by atoms with E-state index in [0.29, 0.717) is 41.7 Å². The molecule has 32 heavy (non-hydrogen) atoms. The van der Waals surface area contributed by atoms with Gasteiger partial charge in [0.15, 0.2) is 0 Å². The monoisotopic (exact) mass is 436 g/mol. The number of anilines is 1. The van der Waals surface area contributed by atoms with Crippen molar-refractivity contribution in [3.63, 3.8) is 0 Å². The van der Waals surface area contributed by atoms with Crippen LogP contribution in [0.5, 0.6) is 0 Å². The number of nitrogens with one attached hydrogen (secondary N) is 1. The molecule has 1 amide bonds. The highest BCUT2D eigenvalue weighted by Gasteiger charge is 2.44. The second-order valence-electron chi connectivity index (χ2n) is 10.1. The zero-order valence-electron chi connectivity index (χ0n) is 20.5. The van der Waals surface area contributed by atoms with Gasteiger partial charge in [0.05, 0.1) is 6.10 Å². The van der Waals surface area contributed by atoms with Crippen molar-refractivity contribution in [1.82, 2.24) is 5.32 Å². The summed E-state index contributed by atoms with van der Waals surface area (Å²) in [5.74, 6) is 2.37. The van der Waals surface area contributed by atoms with Gasteiger partial charge in [-0.2, -0.15) is 0 Å². The van der Waals surface area contributed by atoms with E-state index < -0.39 is 0 Å². The van der Waals surface area contributed by atoms with Crippen LogP contribution in [0.4, 0.5) is 5.69 Å². The summed E-state index contributed by atoms with van der Waals surface area (Å²) in [5, 5.41) is 13.7. The number of hydrogen-bond donors (Lipinski definition) is 2. The minimum atomic E-state index is -0.235. The fourth-order valence-electron chi connectivity index (χ4n) is 5.44. The molecule has 0 spiro atoms. The molecule has 1 fully saturated rings. The van der Waals surface area contributed by atoms with Crippen LogP contribution in [0.25, 0.3) is 0 Å². The molecule has 2 aliphatic carbocycles. The van der Waals surface area contributed by atoms with E-state index in [4.69, 9.17) is 0 Å². The molecule has 2 aliphatic rings. The average molecular weight is 437 g/mol. The van der Waals surface area contributed by atoms with Gasteiger partial charge in [-0.15, -0.1) is 0 Å². The molecule has 0 saturated heterocycles. The maximum absolute atomic E-state index is 12.5. The van der Waals surface area contributed by atoms with Gasteiger partial charge in [-0.1, -0.05) is 63.3 Å². The minimum absolute atomic E-state index is 0.0453. The summed E-state index contributed by atoms with van der Waals surface area (Å²) in [6.45, 7) is 8.99. The molecule has 3 rings (SSSR count). The van der Waals surface area contributed by atoms with Gasteiger partial charge < -0.3 is 15.3 Å². The van der Waals surface area contributed by atoms with Crippen molar-refractivity contribution in [2.45, 2.75) is 46.8 Å². The number of aliphatic hydroxyl groups excluding tert-OH is 1. The number of benzene rings is 1. The van der Waals surface area contributed by atoms with Crippen molar-refractivity contribution < 1.29 is 9.90 Å². The molecule has 0 unspecified atom stereocenters. The van der Waals surface area contributed by atoms with Gasteiger partial charge in [-0.3, -0.25) is 4.79 Å². The number of carbonyl (C=O) groups excluding carboxylic acids is 1. The molecule has 1 saturated carbocycles. The van der Waals surface area contributed by atoms with Crippen molar-refractivity contribution >= 4 is 11.6 Å². The van der Waals surface area contributed by atoms with Gasteiger partial charge in [-0.05, 0) is 66.5 Å². The third kappa shape index (κ3) is 5.53. The summed E-state index contributed by atoms with van der Waals surface area (Å²) in [4.78, 5) is 14.6. The maximum Gasteiger partial charge on any atom is 0.247 e. The van der Waals surface area contributed by atoms with Crippen LogP contribution >= 0.6 is 0 Å². The van der Waals surface area contributed by atoms with Gasteiger partial charge in [0, 0.05) is 31.9 Å². The Morgan fingerprint density at radius 1 is 1.16 bits per heavy atom. The zero-order chi connectivity index (χ0) is 23.4. The quantitative estimate of drug-likeness (QED) is 0.376. The third-order valence-electron chi connectivity index (χ3n) is 7.52. The molecule has 1 aromatic rings. The van der Waals surface area contributed by atoms with Crippen molar-refractivity contribution in [2.24, 2.45) is 35.5 Å². The predicted octanol–water partition coefficient (Wildman–Crippen LogP) is 4.96. The summed E-state index contributed by atoms with van der Waals surface area (Å²) < 4.78 is 0. The molecular weight excluding hydrogens is 396 g/mol. The van der Waals surface area contributed by atoms with E-state index in [1.165, 1.54) is 0 Å². The van der Waals surface area contributed by atoms with Gasteiger partial charge in [-0.25, -0.2) is 0 Å². The van der Waals surface area contributed by atoms with Gasteiger partial charge in [0.2, 0.25) is 5.91 Å². The zero-order valence-corrected chi connectivity index (χ0v) is 20.5. The second kappa shape index (κ2) is 10.5. The lowest BCUT2D eigenvalue weighted by molar-refractivity contribution is -0.117. The molecule has 174 valence electrons. The highest BCUT2D eigenvalue weighted by molar-refractivity contribution is 5.93. The Bertz CT molecular complexity index is 868. The maximum atomic E-state index is 12.5. The standard InChI is InChI=1S/C28H40N2O2/c1-18-10-13-23-16-20(3)27(31)21(4)26(23)25(18)9-7-8-19(2)28(32)29-17-22-11-14-24(15-12-22)30(5)6/h7-15,18,20-21,23,25-27,31H,16-17H2,1-6H3,(H,29,32)/b9-7+,19-8+/t18-,20+,21-,23-,25-,26-,27-/m0/s1. The van der Waals surface area contributed by atoms with E-state index >= 15 is 0 Å². The molecule has 1 aromatic carbocycles. The number of allylic oxidation sites excluding steroid dienone is 5. The fraction of sp³-hybridized carbons (Fsp3) is 0.536. The van der Waals surface area contributed by atoms with Gasteiger partial charge in [0.1, 0.15) is 0 Å². The van der Waals surface area contributed by atoms with E-state index in [-0.39, 0.29) is 17.9 Å². The number of rotatable bonds is 6.